The van der Waals surface area contributed by atoms with Crippen LogP contribution in [0.4, 0.5) is 9.59 Å². The second-order valence-corrected chi connectivity index (χ2v) is 12.0. The van der Waals surface area contributed by atoms with Crippen molar-refractivity contribution in [1.29, 1.82) is 0 Å². The zero-order valence-corrected chi connectivity index (χ0v) is 27.8. The molecule has 1 aliphatic heterocycles. The number of methoxy groups -OCH3 is 1. The number of nitrogens with zero attached hydrogens (tertiary/aromatic N) is 2. The SMILES string of the molecule is CCCCCCCCCCCCCCCCCCNC(=O)OCC(COC(=O)N(CC1=CSCN1CC)C(C)=O)OC. The zero-order valence-electron chi connectivity index (χ0n) is 27.0. The lowest BCUT2D eigenvalue weighted by Gasteiger charge is -2.25. The summed E-state index contributed by atoms with van der Waals surface area (Å²) in [4.78, 5) is 39.8. The first kappa shape index (κ1) is 38.1. The quantitative estimate of drug-likeness (QED) is 0.104. The van der Waals surface area contributed by atoms with Crippen molar-refractivity contribution >= 4 is 29.9 Å². The molecule has 1 atom stereocenters. The zero-order chi connectivity index (χ0) is 30.8. The van der Waals surface area contributed by atoms with Crippen LogP contribution in [0.15, 0.2) is 11.1 Å². The van der Waals surface area contributed by atoms with Crippen LogP contribution in [0, 0.1) is 0 Å². The highest BCUT2D eigenvalue weighted by atomic mass is 32.2. The molecular formula is C32H59N3O6S. The van der Waals surface area contributed by atoms with Crippen molar-refractivity contribution in [1.82, 2.24) is 15.1 Å². The lowest BCUT2D eigenvalue weighted by molar-refractivity contribution is -0.127. The highest BCUT2D eigenvalue weighted by Crippen LogP contribution is 2.23. The van der Waals surface area contributed by atoms with Crippen molar-refractivity contribution in [2.24, 2.45) is 0 Å². The van der Waals surface area contributed by atoms with E-state index in [0.29, 0.717) is 6.54 Å². The minimum absolute atomic E-state index is 0.0555. The van der Waals surface area contributed by atoms with Gasteiger partial charge in [0.25, 0.3) is 0 Å². The lowest BCUT2D eigenvalue weighted by Crippen LogP contribution is -2.41. The minimum atomic E-state index is -0.744. The number of likely N-dealkylation sites (N-methyl/N-ethyl adjacent to an activating group) is 1. The summed E-state index contributed by atoms with van der Waals surface area (Å²) < 4.78 is 15.8. The Hall–Kier alpha value is -1.94. The van der Waals surface area contributed by atoms with Crippen LogP contribution < -0.4 is 5.32 Å². The van der Waals surface area contributed by atoms with Gasteiger partial charge in [0, 0.05) is 32.8 Å². The number of carbonyl (C=O) groups is 3. The van der Waals surface area contributed by atoms with Gasteiger partial charge < -0.3 is 24.4 Å². The molecule has 244 valence electrons. The van der Waals surface area contributed by atoms with Crippen molar-refractivity contribution in [3.8, 4) is 0 Å². The summed E-state index contributed by atoms with van der Waals surface area (Å²) in [5, 5.41) is 4.72. The predicted molar refractivity (Wildman–Crippen MR) is 171 cm³/mol. The molecule has 0 fully saturated rings. The molecule has 0 radical (unpaired) electrons. The first-order chi connectivity index (χ1) is 20.4. The predicted octanol–water partition coefficient (Wildman–Crippen LogP) is 7.84. The number of nitrogens with one attached hydrogen (secondary N) is 1. The molecule has 0 aliphatic carbocycles. The summed E-state index contributed by atoms with van der Waals surface area (Å²) >= 11 is 1.63. The molecular weight excluding hydrogens is 554 g/mol. The Balaban J connectivity index is 2.04. The van der Waals surface area contributed by atoms with Crippen molar-refractivity contribution in [2.45, 2.75) is 130 Å². The van der Waals surface area contributed by atoms with Crippen LogP contribution in [-0.2, 0) is 19.0 Å². The molecule has 9 nitrogen and oxygen atoms in total. The molecule has 0 bridgehead atoms. The molecule has 0 saturated heterocycles. The van der Waals surface area contributed by atoms with Crippen LogP contribution in [0.3, 0.4) is 0 Å². The van der Waals surface area contributed by atoms with Crippen LogP contribution in [0.25, 0.3) is 0 Å². The number of carbonyl (C=O) groups excluding carboxylic acids is 3. The second-order valence-electron chi connectivity index (χ2n) is 11.1. The number of unbranched alkanes of at least 4 members (excludes halogenated alkanes) is 15. The number of ether oxygens (including phenoxy) is 3. The van der Waals surface area contributed by atoms with Crippen molar-refractivity contribution in [3.63, 3.8) is 0 Å². The molecule has 3 amide bonds. The summed E-state index contributed by atoms with van der Waals surface area (Å²) in [5.41, 5.74) is 0.905. The monoisotopic (exact) mass is 613 g/mol. The van der Waals surface area contributed by atoms with Gasteiger partial charge in [-0.2, -0.15) is 0 Å². The molecule has 0 aromatic heterocycles. The van der Waals surface area contributed by atoms with E-state index in [1.807, 2.05) is 12.3 Å². The van der Waals surface area contributed by atoms with Gasteiger partial charge in [0.05, 0.1) is 12.4 Å². The van der Waals surface area contributed by atoms with E-state index < -0.39 is 24.2 Å². The standard InChI is InChI=1S/C32H59N3O6S/c1-5-7-8-9-10-11-12-13-14-15-16-17-18-19-20-21-22-33-31(37)40-24-30(39-4)25-41-32(38)35(28(3)36)23-29-26-42-27-34(29)6-2/h26,30H,5-25,27H2,1-4H3,(H,33,37). The van der Waals surface area contributed by atoms with Gasteiger partial charge in [0.1, 0.15) is 19.3 Å². The normalized spacial score (nSPS) is 13.5. The van der Waals surface area contributed by atoms with Crippen LogP contribution >= 0.6 is 11.8 Å². The Bertz CT molecular complexity index is 767. The molecule has 10 heteroatoms. The Labute approximate surface area is 259 Å². The first-order valence-electron chi connectivity index (χ1n) is 16.4. The number of amides is 3. The molecule has 0 spiro atoms. The molecule has 0 saturated carbocycles. The van der Waals surface area contributed by atoms with Crippen molar-refractivity contribution < 1.29 is 28.6 Å². The van der Waals surface area contributed by atoms with E-state index in [1.165, 1.54) is 104 Å². The fourth-order valence-electron chi connectivity index (χ4n) is 4.79. The third-order valence-corrected chi connectivity index (χ3v) is 8.48. The molecule has 1 N–H and O–H groups in total. The number of imide groups is 1. The van der Waals surface area contributed by atoms with Gasteiger partial charge >= 0.3 is 12.2 Å². The number of alkyl carbamates (subject to hydrolysis) is 1. The summed E-state index contributed by atoms with van der Waals surface area (Å²) in [5.74, 6) is 0.407. The molecule has 1 unspecified atom stereocenters. The number of rotatable bonds is 25. The Kier molecular flexibility index (Phi) is 23.2. The van der Waals surface area contributed by atoms with E-state index in [4.69, 9.17) is 14.2 Å². The lowest BCUT2D eigenvalue weighted by atomic mass is 10.0. The molecule has 0 aromatic rings. The van der Waals surface area contributed by atoms with Gasteiger partial charge in [0.15, 0.2) is 0 Å². The summed E-state index contributed by atoms with van der Waals surface area (Å²) in [6.07, 6.45) is 19.1. The summed E-state index contributed by atoms with van der Waals surface area (Å²) in [6, 6.07) is 0. The van der Waals surface area contributed by atoms with Crippen LogP contribution in [0.2, 0.25) is 0 Å². The number of hydrogen-bond donors (Lipinski definition) is 1. The number of hydrogen-bond acceptors (Lipinski definition) is 8. The Morgan fingerprint density at radius 1 is 0.857 bits per heavy atom. The maximum absolute atomic E-state index is 12.6. The van der Waals surface area contributed by atoms with E-state index in [0.717, 1.165) is 35.9 Å². The highest BCUT2D eigenvalue weighted by molar-refractivity contribution is 8.02. The average Bonchev–Trinajstić information content (AvgIpc) is 3.44. The van der Waals surface area contributed by atoms with Gasteiger partial charge in [-0.25, -0.2) is 14.5 Å². The topological polar surface area (TPSA) is 97.4 Å². The van der Waals surface area contributed by atoms with Gasteiger partial charge in [-0.05, 0) is 18.8 Å². The van der Waals surface area contributed by atoms with E-state index >= 15 is 0 Å². The van der Waals surface area contributed by atoms with E-state index in [1.54, 1.807) is 11.8 Å². The summed E-state index contributed by atoms with van der Waals surface area (Å²) in [6.45, 7) is 6.97. The third-order valence-electron chi connectivity index (χ3n) is 7.58. The van der Waals surface area contributed by atoms with Crippen LogP contribution in [0.1, 0.15) is 124 Å². The molecule has 1 aliphatic rings. The van der Waals surface area contributed by atoms with Crippen molar-refractivity contribution in [2.75, 3.05) is 45.8 Å². The fourth-order valence-corrected chi connectivity index (χ4v) is 5.81. The van der Waals surface area contributed by atoms with E-state index in [2.05, 4.69) is 17.1 Å². The molecule has 0 aromatic carbocycles. The Morgan fingerprint density at radius 2 is 1.38 bits per heavy atom. The van der Waals surface area contributed by atoms with Gasteiger partial charge in [0.2, 0.25) is 5.91 Å². The first-order valence-corrected chi connectivity index (χ1v) is 17.4. The molecule has 1 rings (SSSR count). The third kappa shape index (κ3) is 18.6. The van der Waals surface area contributed by atoms with Crippen molar-refractivity contribution in [3.05, 3.63) is 11.1 Å². The maximum atomic E-state index is 12.6. The smallest absolute Gasteiger partial charge is 0.416 e. The minimum Gasteiger partial charge on any atom is -0.447 e. The van der Waals surface area contributed by atoms with Gasteiger partial charge in [-0.15, -0.1) is 11.8 Å². The van der Waals surface area contributed by atoms with E-state index in [9.17, 15) is 14.4 Å². The fraction of sp³-hybridized carbons (Fsp3) is 0.844. The maximum Gasteiger partial charge on any atom is 0.416 e. The van der Waals surface area contributed by atoms with Gasteiger partial charge in [-0.1, -0.05) is 103 Å². The van der Waals surface area contributed by atoms with Crippen LogP contribution in [-0.4, -0.2) is 79.8 Å². The second kappa shape index (κ2) is 25.5. The molecule has 42 heavy (non-hydrogen) atoms. The van der Waals surface area contributed by atoms with Gasteiger partial charge in [-0.3, -0.25) is 4.79 Å². The van der Waals surface area contributed by atoms with Crippen LogP contribution in [0.5, 0.6) is 0 Å². The molecule has 1 heterocycles. The average molecular weight is 614 g/mol. The Morgan fingerprint density at radius 3 is 1.88 bits per heavy atom. The highest BCUT2D eigenvalue weighted by Gasteiger charge is 2.26. The largest absolute Gasteiger partial charge is 0.447 e. The number of thioether (sulfide) groups is 1. The summed E-state index contributed by atoms with van der Waals surface area (Å²) in [7, 11) is 1.46. The van der Waals surface area contributed by atoms with E-state index in [-0.39, 0.29) is 19.8 Å².